The van der Waals surface area contributed by atoms with Crippen LogP contribution in [-0.4, -0.2) is 9.97 Å². The standard InChI is InChI=1S/C16H19ClN2O/c1-11-5-6-13(16(2,3)4)14(7-11)20-15-10-18-9-12(8-17)19-15/h5-7,9-10H,8H2,1-4H3. The largest absolute Gasteiger partial charge is 0.437 e. The van der Waals surface area contributed by atoms with Gasteiger partial charge in [0.2, 0.25) is 5.88 Å². The molecule has 1 aromatic heterocycles. The summed E-state index contributed by atoms with van der Waals surface area (Å²) in [4.78, 5) is 8.42. The molecule has 0 spiro atoms. The van der Waals surface area contributed by atoms with Crippen LogP contribution in [-0.2, 0) is 11.3 Å². The van der Waals surface area contributed by atoms with E-state index in [0.717, 1.165) is 16.9 Å². The fourth-order valence-electron chi connectivity index (χ4n) is 1.95. The molecule has 3 nitrogen and oxygen atoms in total. The van der Waals surface area contributed by atoms with Gasteiger partial charge in [-0.25, -0.2) is 4.98 Å². The SMILES string of the molecule is Cc1ccc(C(C)(C)C)c(Oc2cncc(CCl)n2)c1. The minimum atomic E-state index is 0.000553. The van der Waals surface area contributed by atoms with Crippen LogP contribution in [0.15, 0.2) is 30.6 Å². The lowest BCUT2D eigenvalue weighted by atomic mass is 9.86. The third-order valence-electron chi connectivity index (χ3n) is 2.96. The average Bonchev–Trinajstić information content (AvgIpc) is 2.37. The van der Waals surface area contributed by atoms with E-state index in [9.17, 15) is 0 Å². The van der Waals surface area contributed by atoms with Crippen molar-refractivity contribution in [3.63, 3.8) is 0 Å². The van der Waals surface area contributed by atoms with Crippen LogP contribution < -0.4 is 4.74 Å². The van der Waals surface area contributed by atoms with Gasteiger partial charge in [0.15, 0.2) is 0 Å². The van der Waals surface area contributed by atoms with Gasteiger partial charge in [-0.2, -0.15) is 0 Å². The minimum Gasteiger partial charge on any atom is -0.437 e. The Kier molecular flexibility index (Phi) is 4.29. The van der Waals surface area contributed by atoms with Gasteiger partial charge in [-0.05, 0) is 24.0 Å². The van der Waals surface area contributed by atoms with E-state index in [1.54, 1.807) is 12.4 Å². The van der Waals surface area contributed by atoms with Gasteiger partial charge >= 0.3 is 0 Å². The Labute approximate surface area is 125 Å². The Morgan fingerprint density at radius 3 is 2.60 bits per heavy atom. The van der Waals surface area contributed by atoms with E-state index < -0.39 is 0 Å². The molecular formula is C16H19ClN2O. The van der Waals surface area contributed by atoms with Crippen LogP contribution in [0.2, 0.25) is 0 Å². The number of benzene rings is 1. The Bertz CT molecular complexity index is 606. The third kappa shape index (κ3) is 3.48. The number of aryl methyl sites for hydroxylation is 1. The average molecular weight is 291 g/mol. The van der Waals surface area contributed by atoms with Gasteiger partial charge < -0.3 is 4.74 Å². The Hall–Kier alpha value is -1.61. The van der Waals surface area contributed by atoms with E-state index in [4.69, 9.17) is 16.3 Å². The van der Waals surface area contributed by atoms with Crippen LogP contribution in [0.3, 0.4) is 0 Å². The quantitative estimate of drug-likeness (QED) is 0.774. The predicted octanol–water partition coefficient (Wildman–Crippen LogP) is 4.61. The fourth-order valence-corrected chi connectivity index (χ4v) is 2.07. The third-order valence-corrected chi connectivity index (χ3v) is 3.23. The number of halogens is 1. The molecule has 1 heterocycles. The van der Waals surface area contributed by atoms with Crippen LogP contribution in [0.5, 0.6) is 11.6 Å². The molecule has 0 aliphatic heterocycles. The maximum Gasteiger partial charge on any atom is 0.238 e. The molecule has 0 aliphatic carbocycles. The Morgan fingerprint density at radius 2 is 1.95 bits per heavy atom. The number of rotatable bonds is 3. The van der Waals surface area contributed by atoms with Crippen molar-refractivity contribution in [2.45, 2.75) is 39.0 Å². The lowest BCUT2D eigenvalue weighted by molar-refractivity contribution is 0.436. The van der Waals surface area contributed by atoms with Gasteiger partial charge in [0, 0.05) is 11.8 Å². The minimum absolute atomic E-state index is 0.000553. The van der Waals surface area contributed by atoms with E-state index in [1.807, 2.05) is 13.0 Å². The Morgan fingerprint density at radius 1 is 1.20 bits per heavy atom. The van der Waals surface area contributed by atoms with Crippen molar-refractivity contribution in [2.75, 3.05) is 0 Å². The molecule has 0 saturated heterocycles. The molecule has 4 heteroatoms. The summed E-state index contributed by atoms with van der Waals surface area (Å²) in [6.07, 6.45) is 3.24. The highest BCUT2D eigenvalue weighted by Crippen LogP contribution is 2.34. The van der Waals surface area contributed by atoms with E-state index in [1.165, 1.54) is 0 Å². The molecular weight excluding hydrogens is 272 g/mol. The molecule has 0 aliphatic rings. The van der Waals surface area contributed by atoms with Crippen molar-refractivity contribution in [1.29, 1.82) is 0 Å². The summed E-state index contributed by atoms with van der Waals surface area (Å²) < 4.78 is 5.93. The normalized spacial score (nSPS) is 11.4. The van der Waals surface area contributed by atoms with E-state index in [2.05, 4.69) is 42.9 Å². The molecule has 20 heavy (non-hydrogen) atoms. The first kappa shape index (κ1) is 14.8. The highest BCUT2D eigenvalue weighted by atomic mass is 35.5. The topological polar surface area (TPSA) is 35.0 Å². The zero-order chi connectivity index (χ0) is 14.8. The molecule has 0 fully saturated rings. The van der Waals surface area contributed by atoms with Crippen molar-refractivity contribution in [2.24, 2.45) is 0 Å². The number of alkyl halides is 1. The molecule has 106 valence electrons. The number of ether oxygens (including phenoxy) is 1. The molecule has 0 radical (unpaired) electrons. The molecule has 0 saturated carbocycles. The summed E-state index contributed by atoms with van der Waals surface area (Å²) in [5.41, 5.74) is 2.99. The van der Waals surface area contributed by atoms with Crippen molar-refractivity contribution < 1.29 is 4.74 Å². The summed E-state index contributed by atoms with van der Waals surface area (Å²) in [5, 5.41) is 0. The first-order chi connectivity index (χ1) is 9.40. The number of hydrogen-bond acceptors (Lipinski definition) is 3. The second kappa shape index (κ2) is 5.80. The highest BCUT2D eigenvalue weighted by molar-refractivity contribution is 6.16. The van der Waals surface area contributed by atoms with Gasteiger partial charge in [-0.3, -0.25) is 4.98 Å². The molecule has 0 atom stereocenters. The summed E-state index contributed by atoms with van der Waals surface area (Å²) in [6.45, 7) is 8.52. The first-order valence-corrected chi connectivity index (χ1v) is 7.09. The maximum absolute atomic E-state index is 5.93. The fraction of sp³-hybridized carbons (Fsp3) is 0.375. The highest BCUT2D eigenvalue weighted by Gasteiger charge is 2.19. The van der Waals surface area contributed by atoms with Gasteiger partial charge in [0.05, 0.1) is 17.8 Å². The summed E-state index contributed by atoms with van der Waals surface area (Å²) in [7, 11) is 0. The van der Waals surface area contributed by atoms with Crippen molar-refractivity contribution in [3.8, 4) is 11.6 Å². The smallest absolute Gasteiger partial charge is 0.238 e. The monoisotopic (exact) mass is 290 g/mol. The Balaban J connectivity index is 2.39. The first-order valence-electron chi connectivity index (χ1n) is 6.56. The van der Waals surface area contributed by atoms with Crippen LogP contribution in [0, 0.1) is 6.92 Å². The van der Waals surface area contributed by atoms with Crippen molar-refractivity contribution >= 4 is 11.6 Å². The molecule has 2 rings (SSSR count). The molecule has 0 bridgehead atoms. The number of hydrogen-bond donors (Lipinski definition) is 0. The molecule has 0 amide bonds. The zero-order valence-electron chi connectivity index (χ0n) is 12.3. The number of aromatic nitrogens is 2. The van der Waals surface area contributed by atoms with E-state index >= 15 is 0 Å². The van der Waals surface area contributed by atoms with Crippen molar-refractivity contribution in [1.82, 2.24) is 9.97 Å². The second-order valence-electron chi connectivity index (χ2n) is 5.83. The van der Waals surface area contributed by atoms with Crippen LogP contribution in [0.4, 0.5) is 0 Å². The number of nitrogens with zero attached hydrogens (tertiary/aromatic N) is 2. The predicted molar refractivity (Wildman–Crippen MR) is 81.5 cm³/mol. The molecule has 0 unspecified atom stereocenters. The van der Waals surface area contributed by atoms with Gasteiger partial charge in [0.1, 0.15) is 5.75 Å². The van der Waals surface area contributed by atoms with E-state index in [-0.39, 0.29) is 5.41 Å². The lowest BCUT2D eigenvalue weighted by Gasteiger charge is -2.22. The summed E-state index contributed by atoms with van der Waals surface area (Å²) >= 11 is 5.77. The molecule has 0 N–H and O–H groups in total. The summed E-state index contributed by atoms with van der Waals surface area (Å²) in [5.74, 6) is 1.61. The zero-order valence-corrected chi connectivity index (χ0v) is 13.0. The molecule has 2 aromatic rings. The maximum atomic E-state index is 5.93. The summed E-state index contributed by atoms with van der Waals surface area (Å²) in [6, 6.07) is 6.22. The van der Waals surface area contributed by atoms with Gasteiger partial charge in [-0.1, -0.05) is 32.9 Å². The lowest BCUT2D eigenvalue weighted by Crippen LogP contribution is -2.12. The van der Waals surface area contributed by atoms with E-state index in [0.29, 0.717) is 17.5 Å². The van der Waals surface area contributed by atoms with Crippen molar-refractivity contribution in [3.05, 3.63) is 47.4 Å². The van der Waals surface area contributed by atoms with Gasteiger partial charge in [0.25, 0.3) is 0 Å². The van der Waals surface area contributed by atoms with Crippen LogP contribution in [0.1, 0.15) is 37.6 Å². The van der Waals surface area contributed by atoms with Crippen LogP contribution >= 0.6 is 11.6 Å². The second-order valence-corrected chi connectivity index (χ2v) is 6.10. The van der Waals surface area contributed by atoms with Gasteiger partial charge in [-0.15, -0.1) is 11.6 Å². The molecule has 1 aromatic carbocycles. The van der Waals surface area contributed by atoms with Crippen LogP contribution in [0.25, 0.3) is 0 Å².